The van der Waals surface area contributed by atoms with Crippen molar-refractivity contribution in [3.8, 4) is 0 Å². The van der Waals surface area contributed by atoms with Crippen molar-refractivity contribution >= 4 is 5.69 Å². The molecule has 4 heteroatoms. The summed E-state index contributed by atoms with van der Waals surface area (Å²) in [6.07, 6.45) is 2.23. The molecule has 0 saturated heterocycles. The topological polar surface area (TPSA) is 29.3 Å². The molecule has 0 aliphatic heterocycles. The van der Waals surface area contributed by atoms with Crippen molar-refractivity contribution in [3.05, 3.63) is 65.2 Å². The Hall–Kier alpha value is -1.94. The van der Waals surface area contributed by atoms with E-state index in [0.717, 1.165) is 36.7 Å². The van der Waals surface area contributed by atoms with Crippen LogP contribution in [0.3, 0.4) is 0 Å². The number of hydrogen-bond acceptors (Lipinski definition) is 2. The maximum Gasteiger partial charge on any atom is 0.127 e. The number of anilines is 1. The second-order valence-corrected chi connectivity index (χ2v) is 5.61. The van der Waals surface area contributed by atoms with Crippen LogP contribution in [0.4, 0.5) is 14.5 Å². The first-order valence-electron chi connectivity index (χ1n) is 7.14. The van der Waals surface area contributed by atoms with Crippen LogP contribution >= 0.6 is 0 Å². The SMILES string of the molecule is Nc1ccc(CN(Cc2cc(F)ccc2F)C2CC2)cc1. The largest absolute Gasteiger partial charge is 0.399 e. The fraction of sp³-hybridized carbons (Fsp3) is 0.294. The molecule has 0 bridgehead atoms. The van der Waals surface area contributed by atoms with Gasteiger partial charge in [0.25, 0.3) is 0 Å². The van der Waals surface area contributed by atoms with Crippen LogP contribution in [-0.4, -0.2) is 10.9 Å². The number of nitrogens with zero attached hydrogens (tertiary/aromatic N) is 1. The molecule has 0 aromatic heterocycles. The van der Waals surface area contributed by atoms with E-state index >= 15 is 0 Å². The fourth-order valence-electron chi connectivity index (χ4n) is 2.49. The second kappa shape index (κ2) is 5.82. The zero-order valence-electron chi connectivity index (χ0n) is 11.7. The predicted molar refractivity (Wildman–Crippen MR) is 79.5 cm³/mol. The Kier molecular flexibility index (Phi) is 3.88. The molecular weight excluding hydrogens is 270 g/mol. The molecule has 0 heterocycles. The molecule has 1 aliphatic rings. The number of nitrogens with two attached hydrogens (primary N) is 1. The van der Waals surface area contributed by atoms with Gasteiger partial charge in [-0.15, -0.1) is 0 Å². The maximum atomic E-state index is 13.8. The van der Waals surface area contributed by atoms with Crippen LogP contribution in [0.25, 0.3) is 0 Å². The first kappa shape index (κ1) is 14.0. The van der Waals surface area contributed by atoms with Crippen molar-refractivity contribution in [2.24, 2.45) is 0 Å². The van der Waals surface area contributed by atoms with E-state index in [9.17, 15) is 8.78 Å². The molecule has 0 radical (unpaired) electrons. The summed E-state index contributed by atoms with van der Waals surface area (Å²) in [5.74, 6) is -0.742. The Balaban J connectivity index is 1.75. The van der Waals surface area contributed by atoms with Gasteiger partial charge in [0.15, 0.2) is 0 Å². The quantitative estimate of drug-likeness (QED) is 0.850. The summed E-state index contributed by atoms with van der Waals surface area (Å²) in [4.78, 5) is 2.20. The van der Waals surface area contributed by atoms with Gasteiger partial charge in [-0.05, 0) is 48.7 Å². The molecule has 1 aliphatic carbocycles. The molecule has 2 aromatic rings. The Morgan fingerprint density at radius 3 is 2.38 bits per heavy atom. The van der Waals surface area contributed by atoms with E-state index in [1.165, 1.54) is 12.1 Å². The fourth-order valence-corrected chi connectivity index (χ4v) is 2.49. The Bertz CT molecular complexity index is 621. The third-order valence-electron chi connectivity index (χ3n) is 3.81. The third kappa shape index (κ3) is 3.58. The van der Waals surface area contributed by atoms with Crippen molar-refractivity contribution in [2.75, 3.05) is 5.73 Å². The molecule has 3 rings (SSSR count). The van der Waals surface area contributed by atoms with Crippen LogP contribution < -0.4 is 5.73 Å². The van der Waals surface area contributed by atoms with Crippen LogP contribution in [0, 0.1) is 11.6 Å². The molecule has 0 unspecified atom stereocenters. The molecular formula is C17H18F2N2. The Labute approximate surface area is 123 Å². The van der Waals surface area contributed by atoms with Crippen LogP contribution in [0.1, 0.15) is 24.0 Å². The first-order chi connectivity index (χ1) is 10.1. The summed E-state index contributed by atoms with van der Waals surface area (Å²) in [7, 11) is 0. The molecule has 2 N–H and O–H groups in total. The van der Waals surface area contributed by atoms with Crippen molar-refractivity contribution in [1.82, 2.24) is 4.90 Å². The summed E-state index contributed by atoms with van der Waals surface area (Å²) in [5.41, 5.74) is 7.96. The van der Waals surface area contributed by atoms with E-state index in [1.54, 1.807) is 0 Å². The van der Waals surface area contributed by atoms with Gasteiger partial charge in [-0.25, -0.2) is 8.78 Å². The smallest absolute Gasteiger partial charge is 0.127 e. The molecule has 0 spiro atoms. The number of nitrogen functional groups attached to an aromatic ring is 1. The van der Waals surface area contributed by atoms with Crippen molar-refractivity contribution in [3.63, 3.8) is 0 Å². The highest BCUT2D eigenvalue weighted by Crippen LogP contribution is 2.30. The van der Waals surface area contributed by atoms with E-state index in [1.807, 2.05) is 24.3 Å². The molecule has 110 valence electrons. The van der Waals surface area contributed by atoms with Gasteiger partial charge in [-0.3, -0.25) is 4.90 Å². The van der Waals surface area contributed by atoms with E-state index in [4.69, 9.17) is 5.73 Å². The first-order valence-corrected chi connectivity index (χ1v) is 7.14. The van der Waals surface area contributed by atoms with E-state index in [2.05, 4.69) is 4.90 Å². The zero-order chi connectivity index (χ0) is 14.8. The van der Waals surface area contributed by atoms with Crippen LogP contribution in [-0.2, 0) is 13.1 Å². The van der Waals surface area contributed by atoms with Crippen LogP contribution in [0.15, 0.2) is 42.5 Å². The van der Waals surface area contributed by atoms with Crippen molar-refractivity contribution in [1.29, 1.82) is 0 Å². The van der Waals surface area contributed by atoms with E-state index < -0.39 is 5.82 Å². The lowest BCUT2D eigenvalue weighted by atomic mass is 10.1. The summed E-state index contributed by atoms with van der Waals surface area (Å²) in [5, 5.41) is 0. The molecule has 1 saturated carbocycles. The van der Waals surface area contributed by atoms with Gasteiger partial charge in [-0.1, -0.05) is 12.1 Å². The zero-order valence-corrected chi connectivity index (χ0v) is 11.7. The number of halogens is 2. The summed E-state index contributed by atoms with van der Waals surface area (Å²) >= 11 is 0. The summed E-state index contributed by atoms with van der Waals surface area (Å²) in [6, 6.07) is 11.8. The Morgan fingerprint density at radius 2 is 1.71 bits per heavy atom. The highest BCUT2D eigenvalue weighted by Gasteiger charge is 2.29. The lowest BCUT2D eigenvalue weighted by Crippen LogP contribution is -2.25. The van der Waals surface area contributed by atoms with E-state index in [0.29, 0.717) is 18.2 Å². The van der Waals surface area contributed by atoms with Gasteiger partial charge in [0, 0.05) is 30.4 Å². The normalized spacial score (nSPS) is 14.6. The minimum absolute atomic E-state index is 0.348. The monoisotopic (exact) mass is 288 g/mol. The van der Waals surface area contributed by atoms with Gasteiger partial charge in [0.1, 0.15) is 11.6 Å². The van der Waals surface area contributed by atoms with Crippen LogP contribution in [0.5, 0.6) is 0 Å². The van der Waals surface area contributed by atoms with Crippen LogP contribution in [0.2, 0.25) is 0 Å². The van der Waals surface area contributed by atoms with Crippen molar-refractivity contribution < 1.29 is 8.78 Å². The number of rotatable bonds is 5. The van der Waals surface area contributed by atoms with E-state index in [-0.39, 0.29) is 5.82 Å². The summed E-state index contributed by atoms with van der Waals surface area (Å²) in [6.45, 7) is 1.15. The average molecular weight is 288 g/mol. The molecule has 2 nitrogen and oxygen atoms in total. The highest BCUT2D eigenvalue weighted by atomic mass is 19.1. The molecule has 1 fully saturated rings. The van der Waals surface area contributed by atoms with Gasteiger partial charge < -0.3 is 5.73 Å². The number of hydrogen-bond donors (Lipinski definition) is 1. The number of benzene rings is 2. The molecule has 0 atom stereocenters. The Morgan fingerprint density at radius 1 is 1.00 bits per heavy atom. The standard InChI is InChI=1S/C17H18F2N2/c18-14-3-8-17(19)13(9-14)11-21(16-6-7-16)10-12-1-4-15(20)5-2-12/h1-5,8-9,16H,6-7,10-11,20H2. The third-order valence-corrected chi connectivity index (χ3v) is 3.81. The highest BCUT2D eigenvalue weighted by molar-refractivity contribution is 5.39. The van der Waals surface area contributed by atoms with Gasteiger partial charge >= 0.3 is 0 Å². The van der Waals surface area contributed by atoms with Gasteiger partial charge in [0.05, 0.1) is 0 Å². The average Bonchev–Trinajstić information content (AvgIpc) is 3.29. The maximum absolute atomic E-state index is 13.8. The lowest BCUT2D eigenvalue weighted by Gasteiger charge is -2.22. The molecule has 0 amide bonds. The van der Waals surface area contributed by atoms with Gasteiger partial charge in [0.2, 0.25) is 0 Å². The lowest BCUT2D eigenvalue weighted by molar-refractivity contribution is 0.242. The molecule has 21 heavy (non-hydrogen) atoms. The minimum atomic E-state index is -0.394. The van der Waals surface area contributed by atoms with Crippen molar-refractivity contribution in [2.45, 2.75) is 32.0 Å². The minimum Gasteiger partial charge on any atom is -0.399 e. The predicted octanol–water partition coefficient (Wildman–Crippen LogP) is 3.71. The summed E-state index contributed by atoms with van der Waals surface area (Å²) < 4.78 is 27.1. The molecule has 2 aromatic carbocycles. The second-order valence-electron chi connectivity index (χ2n) is 5.61. The van der Waals surface area contributed by atoms with Gasteiger partial charge in [-0.2, -0.15) is 0 Å².